The van der Waals surface area contributed by atoms with Gasteiger partial charge in [0.15, 0.2) is 0 Å². The molecule has 0 aromatic heterocycles. The number of primary amides is 1. The molecule has 0 spiro atoms. The Labute approximate surface area is 122 Å². The summed E-state index contributed by atoms with van der Waals surface area (Å²) < 4.78 is 0. The summed E-state index contributed by atoms with van der Waals surface area (Å²) in [7, 11) is 0. The quantitative estimate of drug-likeness (QED) is 0.712. The molecule has 4 N–H and O–H groups in total. The normalized spacial score (nSPS) is 14.1. The van der Waals surface area contributed by atoms with Gasteiger partial charge in [-0.05, 0) is 37.5 Å². The van der Waals surface area contributed by atoms with Crippen molar-refractivity contribution < 1.29 is 4.79 Å². The molecular weight excluding hydrogens is 250 g/mol. The Morgan fingerprint density at radius 2 is 1.70 bits per heavy atom. The van der Waals surface area contributed by atoms with E-state index in [1.165, 1.54) is 18.4 Å². The summed E-state index contributed by atoms with van der Waals surface area (Å²) in [5, 5.41) is 6.21. The molecule has 0 saturated carbocycles. The Morgan fingerprint density at radius 1 is 1.15 bits per heavy atom. The van der Waals surface area contributed by atoms with Gasteiger partial charge in [-0.1, -0.05) is 38.8 Å². The predicted octanol–water partition coefficient (Wildman–Crippen LogP) is 3.65. The highest BCUT2D eigenvalue weighted by Crippen LogP contribution is 2.20. The number of nitrogens with one attached hydrogen (secondary N) is 2. The smallest absolute Gasteiger partial charge is 0.316 e. The Hall–Kier alpha value is -1.55. The number of hydrogen-bond donors (Lipinski definition) is 3. The van der Waals surface area contributed by atoms with Crippen molar-refractivity contribution in [1.82, 2.24) is 5.32 Å². The van der Waals surface area contributed by atoms with Crippen molar-refractivity contribution in [3.05, 3.63) is 29.8 Å². The number of amides is 2. The molecule has 2 unspecified atom stereocenters. The monoisotopic (exact) mass is 277 g/mol. The van der Waals surface area contributed by atoms with E-state index in [0.717, 1.165) is 5.69 Å². The number of benzene rings is 1. The van der Waals surface area contributed by atoms with Crippen LogP contribution in [0, 0.1) is 5.92 Å². The van der Waals surface area contributed by atoms with Crippen molar-refractivity contribution in [3.8, 4) is 0 Å². The van der Waals surface area contributed by atoms with Crippen molar-refractivity contribution in [2.75, 3.05) is 5.32 Å². The number of nitrogens with two attached hydrogens (primary N) is 1. The summed E-state index contributed by atoms with van der Waals surface area (Å²) in [6.07, 6.45) is 2.39. The number of rotatable bonds is 7. The van der Waals surface area contributed by atoms with E-state index < -0.39 is 6.03 Å². The van der Waals surface area contributed by atoms with Crippen LogP contribution in [0.1, 0.15) is 52.1 Å². The van der Waals surface area contributed by atoms with Gasteiger partial charge in [-0.25, -0.2) is 4.79 Å². The molecule has 0 heterocycles. The standard InChI is InChI=1S/C16H27N3O/c1-5-13(6-2)11(3)18-12(4)14-7-9-15(10-8-14)19-16(17)20/h7-13,18H,5-6H2,1-4H3,(H3,17,19,20). The van der Waals surface area contributed by atoms with Gasteiger partial charge in [0.2, 0.25) is 0 Å². The van der Waals surface area contributed by atoms with E-state index in [9.17, 15) is 4.79 Å². The largest absolute Gasteiger partial charge is 0.351 e. The van der Waals surface area contributed by atoms with Crippen LogP contribution in [-0.2, 0) is 0 Å². The van der Waals surface area contributed by atoms with Gasteiger partial charge in [-0.2, -0.15) is 0 Å². The van der Waals surface area contributed by atoms with E-state index in [1.807, 2.05) is 24.3 Å². The average molecular weight is 277 g/mol. The van der Waals surface area contributed by atoms with Gasteiger partial charge < -0.3 is 16.4 Å². The Bertz CT molecular complexity index is 412. The maximum absolute atomic E-state index is 10.8. The first-order chi connectivity index (χ1) is 9.47. The van der Waals surface area contributed by atoms with Crippen LogP contribution in [0.4, 0.5) is 10.5 Å². The van der Waals surface area contributed by atoms with Crippen molar-refractivity contribution in [1.29, 1.82) is 0 Å². The third-order valence-corrected chi connectivity index (χ3v) is 3.95. The molecule has 20 heavy (non-hydrogen) atoms. The Morgan fingerprint density at radius 3 is 2.15 bits per heavy atom. The lowest BCUT2D eigenvalue weighted by molar-refractivity contribution is 0.259. The van der Waals surface area contributed by atoms with E-state index >= 15 is 0 Å². The van der Waals surface area contributed by atoms with Crippen LogP contribution in [0.25, 0.3) is 0 Å². The molecule has 1 rings (SSSR count). The van der Waals surface area contributed by atoms with Crippen LogP contribution < -0.4 is 16.4 Å². The highest BCUT2D eigenvalue weighted by molar-refractivity contribution is 5.87. The Kier molecular flexibility index (Phi) is 6.52. The fraction of sp³-hybridized carbons (Fsp3) is 0.562. The van der Waals surface area contributed by atoms with E-state index in [1.54, 1.807) is 0 Å². The first-order valence-corrected chi connectivity index (χ1v) is 7.40. The van der Waals surface area contributed by atoms with Gasteiger partial charge in [0.05, 0.1) is 0 Å². The number of carbonyl (C=O) groups is 1. The van der Waals surface area contributed by atoms with Gasteiger partial charge in [0.25, 0.3) is 0 Å². The fourth-order valence-corrected chi connectivity index (χ4v) is 2.62. The molecule has 2 atom stereocenters. The third kappa shape index (κ3) is 4.85. The second-order valence-electron chi connectivity index (χ2n) is 5.36. The zero-order chi connectivity index (χ0) is 15.1. The van der Waals surface area contributed by atoms with Crippen molar-refractivity contribution in [3.63, 3.8) is 0 Å². The van der Waals surface area contributed by atoms with Crippen LogP contribution >= 0.6 is 0 Å². The van der Waals surface area contributed by atoms with Crippen LogP contribution in [0.5, 0.6) is 0 Å². The summed E-state index contributed by atoms with van der Waals surface area (Å²) >= 11 is 0. The number of urea groups is 1. The summed E-state index contributed by atoms with van der Waals surface area (Å²) in [6.45, 7) is 8.88. The van der Waals surface area contributed by atoms with Crippen LogP contribution in [0.15, 0.2) is 24.3 Å². The van der Waals surface area contributed by atoms with Crippen LogP contribution in [0.2, 0.25) is 0 Å². The molecule has 1 aromatic rings. The van der Waals surface area contributed by atoms with Crippen molar-refractivity contribution in [2.24, 2.45) is 11.7 Å². The first-order valence-electron chi connectivity index (χ1n) is 7.40. The van der Waals surface area contributed by atoms with Gasteiger partial charge in [-0.3, -0.25) is 0 Å². The lowest BCUT2D eigenvalue weighted by Gasteiger charge is -2.26. The third-order valence-electron chi connectivity index (χ3n) is 3.95. The molecule has 1 aromatic carbocycles. The molecular formula is C16H27N3O. The maximum atomic E-state index is 10.8. The highest BCUT2D eigenvalue weighted by Gasteiger charge is 2.16. The van der Waals surface area contributed by atoms with Gasteiger partial charge in [-0.15, -0.1) is 0 Å². The lowest BCUT2D eigenvalue weighted by Crippen LogP contribution is -2.35. The number of anilines is 1. The SMILES string of the molecule is CCC(CC)C(C)NC(C)c1ccc(NC(N)=O)cc1. The summed E-state index contributed by atoms with van der Waals surface area (Å²) in [4.78, 5) is 10.8. The van der Waals surface area contributed by atoms with Crippen molar-refractivity contribution in [2.45, 2.75) is 52.6 Å². The zero-order valence-electron chi connectivity index (χ0n) is 12.9. The van der Waals surface area contributed by atoms with E-state index in [0.29, 0.717) is 12.0 Å². The average Bonchev–Trinajstić information content (AvgIpc) is 2.40. The second-order valence-corrected chi connectivity index (χ2v) is 5.36. The molecule has 4 nitrogen and oxygen atoms in total. The molecule has 0 fully saturated rings. The predicted molar refractivity (Wildman–Crippen MR) is 84.7 cm³/mol. The summed E-state index contributed by atoms with van der Waals surface area (Å²) in [6, 6.07) is 8.02. The van der Waals surface area contributed by atoms with Crippen LogP contribution in [-0.4, -0.2) is 12.1 Å². The van der Waals surface area contributed by atoms with E-state index in [-0.39, 0.29) is 6.04 Å². The second kappa shape index (κ2) is 7.90. The van der Waals surface area contributed by atoms with Gasteiger partial charge in [0, 0.05) is 17.8 Å². The highest BCUT2D eigenvalue weighted by atomic mass is 16.2. The van der Waals surface area contributed by atoms with E-state index in [4.69, 9.17) is 5.73 Å². The molecule has 112 valence electrons. The maximum Gasteiger partial charge on any atom is 0.316 e. The molecule has 0 bridgehead atoms. The topological polar surface area (TPSA) is 67.2 Å². The summed E-state index contributed by atoms with van der Waals surface area (Å²) in [5.74, 6) is 0.702. The summed E-state index contributed by atoms with van der Waals surface area (Å²) in [5.41, 5.74) is 7.02. The molecule has 0 aliphatic carbocycles. The molecule has 0 aliphatic rings. The molecule has 0 aliphatic heterocycles. The minimum atomic E-state index is -0.536. The Balaban J connectivity index is 2.63. The zero-order valence-corrected chi connectivity index (χ0v) is 12.9. The first kappa shape index (κ1) is 16.5. The fourth-order valence-electron chi connectivity index (χ4n) is 2.62. The molecule has 4 heteroatoms. The number of carbonyl (C=O) groups excluding carboxylic acids is 1. The molecule has 0 radical (unpaired) electrons. The van der Waals surface area contributed by atoms with Gasteiger partial charge in [0.1, 0.15) is 0 Å². The van der Waals surface area contributed by atoms with Crippen molar-refractivity contribution >= 4 is 11.7 Å². The van der Waals surface area contributed by atoms with Gasteiger partial charge >= 0.3 is 6.03 Å². The molecule has 2 amide bonds. The minimum absolute atomic E-state index is 0.285. The lowest BCUT2D eigenvalue weighted by atomic mass is 9.94. The van der Waals surface area contributed by atoms with Crippen LogP contribution in [0.3, 0.4) is 0 Å². The number of hydrogen-bond acceptors (Lipinski definition) is 2. The molecule has 0 saturated heterocycles. The minimum Gasteiger partial charge on any atom is -0.351 e. The van der Waals surface area contributed by atoms with E-state index in [2.05, 4.69) is 38.3 Å².